The number of aryl methyl sites for hydroxylation is 1. The van der Waals surface area contributed by atoms with Crippen LogP contribution in [-0.4, -0.2) is 25.2 Å². The molecule has 1 aliphatic rings. The maximum atomic E-state index is 12.3. The van der Waals surface area contributed by atoms with E-state index in [0.717, 1.165) is 24.8 Å². The fraction of sp³-hybridized carbons (Fsp3) is 0.500. The molecule has 0 aromatic heterocycles. The average Bonchev–Trinajstić information content (AvgIpc) is 2.85. The summed E-state index contributed by atoms with van der Waals surface area (Å²) in [6, 6.07) is 5.64. The lowest BCUT2D eigenvalue weighted by atomic mass is 10.1. The molecule has 0 aliphatic heterocycles. The fourth-order valence-corrected chi connectivity index (χ4v) is 2.59. The summed E-state index contributed by atoms with van der Waals surface area (Å²) in [5, 5.41) is 3.03. The van der Waals surface area contributed by atoms with Crippen molar-refractivity contribution >= 4 is 11.6 Å². The van der Waals surface area contributed by atoms with Crippen LogP contribution < -0.4 is 16.6 Å². The molecule has 2 rings (SSSR count). The molecule has 1 aromatic rings. The Morgan fingerprint density at radius 2 is 2.21 bits per heavy atom. The molecule has 4 N–H and O–H groups in total. The summed E-state index contributed by atoms with van der Waals surface area (Å²) in [7, 11) is 1.69. The Balaban J connectivity index is 2.11. The van der Waals surface area contributed by atoms with Crippen molar-refractivity contribution in [3.05, 3.63) is 29.3 Å². The Morgan fingerprint density at radius 3 is 2.89 bits per heavy atom. The first-order chi connectivity index (χ1) is 9.15. The molecule has 2 atom stereocenters. The number of ether oxygens (including phenoxy) is 1. The quantitative estimate of drug-likeness (QED) is 0.569. The molecule has 104 valence electrons. The van der Waals surface area contributed by atoms with Crippen molar-refractivity contribution in [3.63, 3.8) is 0 Å². The number of carbonyl (C=O) groups excluding carboxylic acids is 1. The van der Waals surface area contributed by atoms with Gasteiger partial charge in [0, 0.05) is 7.11 Å². The molecule has 1 fully saturated rings. The van der Waals surface area contributed by atoms with E-state index in [1.54, 1.807) is 13.2 Å². The molecule has 0 radical (unpaired) electrons. The van der Waals surface area contributed by atoms with E-state index in [9.17, 15) is 4.79 Å². The second-order valence-electron chi connectivity index (χ2n) is 4.98. The van der Waals surface area contributed by atoms with Crippen LogP contribution in [-0.2, 0) is 4.74 Å². The van der Waals surface area contributed by atoms with Crippen molar-refractivity contribution < 1.29 is 9.53 Å². The second kappa shape index (κ2) is 6.04. The normalized spacial score (nSPS) is 22.3. The van der Waals surface area contributed by atoms with Gasteiger partial charge < -0.3 is 15.5 Å². The van der Waals surface area contributed by atoms with E-state index in [-0.39, 0.29) is 18.1 Å². The highest BCUT2D eigenvalue weighted by Crippen LogP contribution is 2.23. The van der Waals surface area contributed by atoms with Crippen LogP contribution in [0.15, 0.2) is 18.2 Å². The largest absolute Gasteiger partial charge is 0.379 e. The van der Waals surface area contributed by atoms with E-state index >= 15 is 0 Å². The smallest absolute Gasteiger partial charge is 0.253 e. The lowest BCUT2D eigenvalue weighted by Crippen LogP contribution is -2.41. The minimum absolute atomic E-state index is 0.0874. The van der Waals surface area contributed by atoms with E-state index in [1.165, 1.54) is 0 Å². The van der Waals surface area contributed by atoms with E-state index in [1.807, 2.05) is 19.1 Å². The first kappa shape index (κ1) is 13.8. The van der Waals surface area contributed by atoms with Crippen LogP contribution in [0.25, 0.3) is 0 Å². The molecule has 0 heterocycles. The third-order valence-corrected chi connectivity index (χ3v) is 3.65. The highest BCUT2D eigenvalue weighted by molar-refractivity contribution is 5.99. The third-order valence-electron chi connectivity index (χ3n) is 3.65. The number of methoxy groups -OCH3 is 1. The predicted molar refractivity (Wildman–Crippen MR) is 74.9 cm³/mol. The van der Waals surface area contributed by atoms with Crippen molar-refractivity contribution in [1.82, 2.24) is 5.32 Å². The van der Waals surface area contributed by atoms with Crippen molar-refractivity contribution in [2.75, 3.05) is 12.5 Å². The molecule has 1 amide bonds. The van der Waals surface area contributed by atoms with E-state index in [2.05, 4.69) is 10.7 Å². The Kier molecular flexibility index (Phi) is 4.39. The molecule has 1 saturated carbocycles. The number of anilines is 1. The number of hydrogen-bond acceptors (Lipinski definition) is 4. The number of nitrogens with one attached hydrogen (secondary N) is 2. The molecule has 1 aliphatic carbocycles. The topological polar surface area (TPSA) is 76.4 Å². The molecule has 2 unspecified atom stereocenters. The number of hydrazine groups is 1. The molecule has 0 spiro atoms. The zero-order valence-corrected chi connectivity index (χ0v) is 11.4. The molecule has 0 saturated heterocycles. The first-order valence-corrected chi connectivity index (χ1v) is 6.56. The van der Waals surface area contributed by atoms with Gasteiger partial charge in [0.25, 0.3) is 5.91 Å². The van der Waals surface area contributed by atoms with Gasteiger partial charge in [-0.3, -0.25) is 10.6 Å². The zero-order valence-electron chi connectivity index (χ0n) is 11.4. The Morgan fingerprint density at radius 1 is 1.42 bits per heavy atom. The molecule has 0 bridgehead atoms. The molecular formula is C14H21N3O2. The Hall–Kier alpha value is -1.59. The molecule has 19 heavy (non-hydrogen) atoms. The molecular weight excluding hydrogens is 242 g/mol. The number of amides is 1. The van der Waals surface area contributed by atoms with Crippen LogP contribution in [0, 0.1) is 6.92 Å². The van der Waals surface area contributed by atoms with Crippen LogP contribution in [0.4, 0.5) is 5.69 Å². The summed E-state index contributed by atoms with van der Waals surface area (Å²) >= 11 is 0. The van der Waals surface area contributed by atoms with Crippen molar-refractivity contribution in [3.8, 4) is 0 Å². The van der Waals surface area contributed by atoms with Gasteiger partial charge in [-0.1, -0.05) is 6.07 Å². The molecule has 5 nitrogen and oxygen atoms in total. The number of rotatable bonds is 4. The highest BCUT2D eigenvalue weighted by atomic mass is 16.5. The fourth-order valence-electron chi connectivity index (χ4n) is 2.59. The predicted octanol–water partition coefficient (Wildman–Crippen LogP) is 1.58. The van der Waals surface area contributed by atoms with Crippen molar-refractivity contribution in [2.45, 2.75) is 38.3 Å². The monoisotopic (exact) mass is 263 g/mol. The number of carbonyl (C=O) groups is 1. The van der Waals surface area contributed by atoms with Gasteiger partial charge in [0.1, 0.15) is 0 Å². The Bertz CT molecular complexity index is 462. The maximum Gasteiger partial charge on any atom is 0.253 e. The number of nitrogen functional groups attached to an aromatic ring is 1. The molecule has 1 aromatic carbocycles. The van der Waals surface area contributed by atoms with Crippen LogP contribution in [0.1, 0.15) is 35.2 Å². The Labute approximate surface area is 113 Å². The van der Waals surface area contributed by atoms with E-state index in [4.69, 9.17) is 10.6 Å². The first-order valence-electron chi connectivity index (χ1n) is 6.56. The SMILES string of the molecule is COC1CCCC1NC(=O)c1ccc(C)cc1NN. The highest BCUT2D eigenvalue weighted by Gasteiger charge is 2.29. The zero-order chi connectivity index (χ0) is 13.8. The minimum Gasteiger partial charge on any atom is -0.379 e. The van der Waals surface area contributed by atoms with Gasteiger partial charge in [0.2, 0.25) is 0 Å². The van der Waals surface area contributed by atoms with E-state index < -0.39 is 0 Å². The van der Waals surface area contributed by atoms with Gasteiger partial charge in [-0.05, 0) is 43.9 Å². The summed E-state index contributed by atoms with van der Waals surface area (Å²) < 4.78 is 5.38. The van der Waals surface area contributed by atoms with Crippen molar-refractivity contribution in [2.24, 2.45) is 5.84 Å². The summed E-state index contributed by atoms with van der Waals surface area (Å²) in [5.74, 6) is 5.35. The van der Waals surface area contributed by atoms with Gasteiger partial charge in [-0.25, -0.2) is 0 Å². The summed E-state index contributed by atoms with van der Waals surface area (Å²) in [6.45, 7) is 1.96. The average molecular weight is 263 g/mol. The van der Waals surface area contributed by atoms with Gasteiger partial charge in [0.05, 0.1) is 23.4 Å². The van der Waals surface area contributed by atoms with E-state index in [0.29, 0.717) is 11.3 Å². The van der Waals surface area contributed by atoms with Gasteiger partial charge >= 0.3 is 0 Å². The number of benzene rings is 1. The van der Waals surface area contributed by atoms with Crippen LogP contribution in [0.2, 0.25) is 0 Å². The van der Waals surface area contributed by atoms with Gasteiger partial charge in [-0.2, -0.15) is 0 Å². The number of nitrogens with two attached hydrogens (primary N) is 1. The third kappa shape index (κ3) is 3.05. The lowest BCUT2D eigenvalue weighted by molar-refractivity contribution is 0.0722. The molecule has 5 heteroatoms. The van der Waals surface area contributed by atoms with Crippen LogP contribution in [0.5, 0.6) is 0 Å². The van der Waals surface area contributed by atoms with Crippen molar-refractivity contribution in [1.29, 1.82) is 0 Å². The van der Waals surface area contributed by atoms with Gasteiger partial charge in [-0.15, -0.1) is 0 Å². The lowest BCUT2D eigenvalue weighted by Gasteiger charge is -2.20. The summed E-state index contributed by atoms with van der Waals surface area (Å²) in [4.78, 5) is 12.3. The second-order valence-corrected chi connectivity index (χ2v) is 4.98. The van der Waals surface area contributed by atoms with Crippen LogP contribution in [0.3, 0.4) is 0 Å². The number of hydrogen-bond donors (Lipinski definition) is 3. The summed E-state index contributed by atoms with van der Waals surface area (Å²) in [5.41, 5.74) is 4.84. The maximum absolute atomic E-state index is 12.3. The summed E-state index contributed by atoms with van der Waals surface area (Å²) in [6.07, 6.45) is 3.15. The van der Waals surface area contributed by atoms with Crippen LogP contribution >= 0.6 is 0 Å². The van der Waals surface area contributed by atoms with Gasteiger partial charge in [0.15, 0.2) is 0 Å². The standard InChI is InChI=1S/C14H21N3O2/c1-9-6-7-10(12(8-9)17-15)14(18)16-11-4-3-5-13(11)19-2/h6-8,11,13,17H,3-5,15H2,1-2H3,(H,16,18). The minimum atomic E-state index is -0.109.